The van der Waals surface area contributed by atoms with Gasteiger partial charge in [0, 0.05) is 50.3 Å². The van der Waals surface area contributed by atoms with Crippen LogP contribution in [-0.2, 0) is 11.3 Å². The highest BCUT2D eigenvalue weighted by Crippen LogP contribution is 2.18. The van der Waals surface area contributed by atoms with E-state index in [0.29, 0.717) is 57.1 Å². The number of piperazine rings is 1. The van der Waals surface area contributed by atoms with Crippen molar-refractivity contribution in [3.8, 4) is 5.75 Å². The van der Waals surface area contributed by atoms with Crippen LogP contribution in [0.15, 0.2) is 35.2 Å². The fourth-order valence-electron chi connectivity index (χ4n) is 3.12. The van der Waals surface area contributed by atoms with Crippen molar-refractivity contribution in [2.75, 3.05) is 45.9 Å². The molecule has 1 aromatic carbocycles. The van der Waals surface area contributed by atoms with Gasteiger partial charge >= 0.3 is 6.18 Å². The number of amides is 1. The van der Waals surface area contributed by atoms with Crippen LogP contribution in [-0.4, -0.2) is 72.8 Å². The summed E-state index contributed by atoms with van der Waals surface area (Å²) in [5.74, 6) is 0.564. The van der Waals surface area contributed by atoms with Crippen molar-refractivity contribution in [1.29, 1.82) is 0 Å². The fraction of sp³-hybridized carbons (Fsp3) is 0.500. The third-order valence-corrected chi connectivity index (χ3v) is 5.27. The third kappa shape index (κ3) is 7.26. The van der Waals surface area contributed by atoms with E-state index in [4.69, 9.17) is 4.74 Å². The molecule has 164 valence electrons. The number of thiazole rings is 1. The number of halogens is 3. The molecule has 1 aliphatic rings. The molecule has 1 amide bonds. The van der Waals surface area contributed by atoms with Gasteiger partial charge in [-0.05, 0) is 24.6 Å². The number of aromatic nitrogens is 1. The van der Waals surface area contributed by atoms with Gasteiger partial charge in [-0.25, -0.2) is 4.98 Å². The highest BCUT2D eigenvalue weighted by Gasteiger charge is 2.27. The van der Waals surface area contributed by atoms with Crippen molar-refractivity contribution >= 4 is 17.2 Å². The molecule has 10 heteroatoms. The van der Waals surface area contributed by atoms with Gasteiger partial charge in [0.2, 0.25) is 0 Å². The van der Waals surface area contributed by atoms with Gasteiger partial charge in [-0.2, -0.15) is 13.2 Å². The zero-order chi connectivity index (χ0) is 21.4. The largest absolute Gasteiger partial charge is 0.487 e. The van der Waals surface area contributed by atoms with E-state index in [-0.39, 0.29) is 12.5 Å². The Kier molecular flexibility index (Phi) is 8.06. The maximum Gasteiger partial charge on any atom is 0.411 e. The Balaban J connectivity index is 1.40. The Hall–Kier alpha value is -2.17. The number of hydrogen-bond acceptors (Lipinski definition) is 6. The van der Waals surface area contributed by atoms with Gasteiger partial charge in [0.15, 0.2) is 0 Å². The Morgan fingerprint density at radius 1 is 1.20 bits per heavy atom. The van der Waals surface area contributed by atoms with E-state index in [1.54, 1.807) is 28.6 Å². The van der Waals surface area contributed by atoms with Crippen LogP contribution < -0.4 is 4.74 Å². The van der Waals surface area contributed by atoms with Crippen molar-refractivity contribution in [1.82, 2.24) is 14.8 Å². The first-order chi connectivity index (χ1) is 14.4. The summed E-state index contributed by atoms with van der Waals surface area (Å²) >= 11 is 1.50. The normalized spacial score (nSPS) is 15.4. The highest BCUT2D eigenvalue weighted by molar-refractivity contribution is 7.07. The average Bonchev–Trinajstić information content (AvgIpc) is 3.25. The molecule has 0 bridgehead atoms. The second-order valence-electron chi connectivity index (χ2n) is 6.95. The molecular formula is C20H24F3N3O3S. The minimum absolute atomic E-state index is 0.0535. The minimum Gasteiger partial charge on any atom is -0.487 e. The summed E-state index contributed by atoms with van der Waals surface area (Å²) in [5.41, 5.74) is 3.16. The monoisotopic (exact) mass is 443 g/mol. The van der Waals surface area contributed by atoms with Crippen molar-refractivity contribution in [3.63, 3.8) is 0 Å². The molecule has 0 atom stereocenters. The maximum atomic E-state index is 12.8. The molecule has 1 saturated heterocycles. The van der Waals surface area contributed by atoms with Crippen molar-refractivity contribution in [3.05, 3.63) is 46.4 Å². The Morgan fingerprint density at radius 3 is 2.70 bits per heavy atom. The molecule has 0 radical (unpaired) electrons. The molecule has 0 unspecified atom stereocenters. The molecule has 1 fully saturated rings. The number of nitrogens with zero attached hydrogens (tertiary/aromatic N) is 3. The van der Waals surface area contributed by atoms with E-state index in [0.717, 1.165) is 5.69 Å². The van der Waals surface area contributed by atoms with Crippen LogP contribution in [0.2, 0.25) is 0 Å². The summed E-state index contributed by atoms with van der Waals surface area (Å²) in [6, 6.07) is 7.10. The molecule has 2 heterocycles. The van der Waals surface area contributed by atoms with E-state index in [1.165, 1.54) is 11.3 Å². The molecule has 0 aliphatic carbocycles. The van der Waals surface area contributed by atoms with Crippen LogP contribution in [0.25, 0.3) is 0 Å². The lowest BCUT2D eigenvalue weighted by atomic mass is 10.1. The summed E-state index contributed by atoms with van der Waals surface area (Å²) in [6.45, 7) is 2.40. The van der Waals surface area contributed by atoms with Crippen LogP contribution in [0.1, 0.15) is 22.5 Å². The predicted octanol–water partition coefficient (Wildman–Crippen LogP) is 3.45. The average molecular weight is 443 g/mol. The van der Waals surface area contributed by atoms with Gasteiger partial charge in [0.05, 0.1) is 11.2 Å². The van der Waals surface area contributed by atoms with E-state index in [2.05, 4.69) is 14.6 Å². The Labute approximate surface area is 177 Å². The number of carbonyl (C=O) groups is 1. The van der Waals surface area contributed by atoms with E-state index in [1.807, 2.05) is 11.4 Å². The topological polar surface area (TPSA) is 54.9 Å². The van der Waals surface area contributed by atoms with Gasteiger partial charge in [-0.1, -0.05) is 6.07 Å². The Morgan fingerprint density at radius 2 is 2.00 bits per heavy atom. The molecule has 1 aromatic heterocycles. The van der Waals surface area contributed by atoms with Crippen LogP contribution in [0.3, 0.4) is 0 Å². The standard InChI is InChI=1S/C20H24F3N3O3S/c21-20(22,23)14-28-10-2-5-25-6-8-26(9-7-25)19(27)16-3-1-4-18(11-16)29-12-17-13-30-15-24-17/h1,3-4,11,13,15H,2,5-10,12,14H2. The van der Waals surface area contributed by atoms with E-state index >= 15 is 0 Å². The molecule has 30 heavy (non-hydrogen) atoms. The molecule has 2 aromatic rings. The second kappa shape index (κ2) is 10.7. The number of alkyl halides is 3. The maximum absolute atomic E-state index is 12.8. The molecule has 0 saturated carbocycles. The lowest BCUT2D eigenvalue weighted by Crippen LogP contribution is -2.49. The first kappa shape index (κ1) is 22.5. The zero-order valence-electron chi connectivity index (χ0n) is 16.4. The van der Waals surface area contributed by atoms with Gasteiger partial charge in [-0.3, -0.25) is 9.69 Å². The summed E-state index contributed by atoms with van der Waals surface area (Å²) in [6.07, 6.45) is -3.75. The Bertz CT molecular complexity index is 794. The lowest BCUT2D eigenvalue weighted by Gasteiger charge is -2.34. The van der Waals surface area contributed by atoms with Crippen LogP contribution in [0.5, 0.6) is 5.75 Å². The first-order valence-corrected chi connectivity index (χ1v) is 10.6. The molecule has 6 nitrogen and oxygen atoms in total. The quantitative estimate of drug-likeness (QED) is 0.556. The third-order valence-electron chi connectivity index (χ3n) is 4.64. The smallest absolute Gasteiger partial charge is 0.411 e. The summed E-state index contributed by atoms with van der Waals surface area (Å²) in [4.78, 5) is 20.9. The van der Waals surface area contributed by atoms with Gasteiger partial charge < -0.3 is 14.4 Å². The number of rotatable bonds is 9. The van der Waals surface area contributed by atoms with Gasteiger partial charge in [-0.15, -0.1) is 11.3 Å². The molecule has 0 spiro atoms. The first-order valence-electron chi connectivity index (χ1n) is 9.67. The zero-order valence-corrected chi connectivity index (χ0v) is 17.3. The summed E-state index contributed by atoms with van der Waals surface area (Å²) < 4.78 is 46.5. The fourth-order valence-corrected chi connectivity index (χ4v) is 3.66. The van der Waals surface area contributed by atoms with Crippen LogP contribution in [0.4, 0.5) is 13.2 Å². The van der Waals surface area contributed by atoms with E-state index in [9.17, 15) is 18.0 Å². The molecule has 3 rings (SSSR count). The molecule has 1 aliphatic heterocycles. The molecular weight excluding hydrogens is 419 g/mol. The van der Waals surface area contributed by atoms with Gasteiger partial charge in [0.1, 0.15) is 19.0 Å². The lowest BCUT2D eigenvalue weighted by molar-refractivity contribution is -0.174. The number of ether oxygens (including phenoxy) is 2. The summed E-state index contributed by atoms with van der Waals surface area (Å²) in [7, 11) is 0. The van der Waals surface area contributed by atoms with Crippen molar-refractivity contribution < 1.29 is 27.4 Å². The molecule has 0 N–H and O–H groups in total. The van der Waals surface area contributed by atoms with Gasteiger partial charge in [0.25, 0.3) is 5.91 Å². The van der Waals surface area contributed by atoms with Crippen molar-refractivity contribution in [2.45, 2.75) is 19.2 Å². The predicted molar refractivity (Wildman–Crippen MR) is 107 cm³/mol. The van der Waals surface area contributed by atoms with Crippen LogP contribution >= 0.6 is 11.3 Å². The minimum atomic E-state index is -4.28. The second-order valence-corrected chi connectivity index (χ2v) is 7.67. The van der Waals surface area contributed by atoms with E-state index < -0.39 is 12.8 Å². The number of carbonyl (C=O) groups excluding carboxylic acids is 1. The van der Waals surface area contributed by atoms with Crippen LogP contribution in [0, 0.1) is 0 Å². The number of hydrogen-bond donors (Lipinski definition) is 0. The number of benzene rings is 1. The SMILES string of the molecule is O=C(c1cccc(OCc2cscn2)c1)N1CCN(CCCOCC(F)(F)F)CC1. The summed E-state index contributed by atoms with van der Waals surface area (Å²) in [5, 5.41) is 1.91. The van der Waals surface area contributed by atoms with Crippen molar-refractivity contribution in [2.24, 2.45) is 0 Å². The highest BCUT2D eigenvalue weighted by atomic mass is 32.1.